The molecular weight excluding hydrogens is 248 g/mol. The van der Waals surface area contributed by atoms with Crippen molar-refractivity contribution in [2.45, 2.75) is 4.90 Å². The Labute approximate surface area is 107 Å². The van der Waals surface area contributed by atoms with Crippen LogP contribution in [0.25, 0.3) is 10.8 Å². The fourth-order valence-corrected chi connectivity index (χ4v) is 3.03. The molecule has 18 heavy (non-hydrogen) atoms. The fraction of sp³-hybridized carbons (Fsp3) is 0.231. The number of hydrogen-bond acceptors (Lipinski definition) is 3. The number of hydrogen-bond donors (Lipinski definition) is 1. The first-order valence-electron chi connectivity index (χ1n) is 5.71. The van der Waals surface area contributed by atoms with Gasteiger partial charge in [-0.2, -0.15) is 4.31 Å². The number of sulfonamides is 1. The smallest absolute Gasteiger partial charge is 0.242 e. The van der Waals surface area contributed by atoms with Crippen molar-refractivity contribution in [1.29, 1.82) is 0 Å². The number of nitrogens with two attached hydrogens (primary N) is 1. The van der Waals surface area contributed by atoms with E-state index in [0.717, 1.165) is 10.8 Å². The van der Waals surface area contributed by atoms with Crippen molar-refractivity contribution in [1.82, 2.24) is 4.31 Å². The number of benzene rings is 2. The molecule has 4 nitrogen and oxygen atoms in total. The third-order valence-electron chi connectivity index (χ3n) is 2.87. The van der Waals surface area contributed by atoms with Crippen molar-refractivity contribution < 1.29 is 8.42 Å². The standard InChI is InChI=1S/C13H16N2O2S/c1-15(9-8-14)18(16,17)13-7-6-11-4-2-3-5-12(11)10-13/h2-7,10H,8-9,14H2,1H3. The van der Waals surface area contributed by atoms with Crippen molar-refractivity contribution in [3.63, 3.8) is 0 Å². The van der Waals surface area contributed by atoms with Gasteiger partial charge < -0.3 is 5.73 Å². The zero-order valence-electron chi connectivity index (χ0n) is 10.2. The van der Waals surface area contributed by atoms with Crippen LogP contribution in [-0.4, -0.2) is 32.9 Å². The molecule has 0 radical (unpaired) electrons. The van der Waals surface area contributed by atoms with Gasteiger partial charge in [0.05, 0.1) is 4.90 Å². The Kier molecular flexibility index (Phi) is 3.65. The van der Waals surface area contributed by atoms with E-state index in [2.05, 4.69) is 0 Å². The molecule has 96 valence electrons. The quantitative estimate of drug-likeness (QED) is 0.908. The van der Waals surface area contributed by atoms with E-state index in [-0.39, 0.29) is 0 Å². The summed E-state index contributed by atoms with van der Waals surface area (Å²) in [6.45, 7) is 0.623. The maximum absolute atomic E-state index is 12.2. The average Bonchev–Trinajstić information content (AvgIpc) is 2.38. The van der Waals surface area contributed by atoms with Gasteiger partial charge in [-0.25, -0.2) is 8.42 Å². The van der Waals surface area contributed by atoms with Gasteiger partial charge in [0, 0.05) is 20.1 Å². The van der Waals surface area contributed by atoms with Crippen LogP contribution in [0.3, 0.4) is 0 Å². The monoisotopic (exact) mass is 264 g/mol. The van der Waals surface area contributed by atoms with E-state index in [1.807, 2.05) is 30.3 Å². The number of rotatable bonds is 4. The van der Waals surface area contributed by atoms with Gasteiger partial charge in [-0.3, -0.25) is 0 Å². The predicted molar refractivity (Wildman–Crippen MR) is 72.8 cm³/mol. The molecule has 0 saturated carbocycles. The summed E-state index contributed by atoms with van der Waals surface area (Å²) in [6.07, 6.45) is 0. The normalized spacial score (nSPS) is 12.2. The zero-order valence-corrected chi connectivity index (χ0v) is 11.0. The molecule has 2 aromatic carbocycles. The molecule has 0 amide bonds. The average molecular weight is 264 g/mol. The molecule has 0 heterocycles. The van der Waals surface area contributed by atoms with Gasteiger partial charge in [-0.05, 0) is 22.9 Å². The van der Waals surface area contributed by atoms with Crippen molar-refractivity contribution in [2.75, 3.05) is 20.1 Å². The van der Waals surface area contributed by atoms with Crippen LogP contribution in [0.2, 0.25) is 0 Å². The van der Waals surface area contributed by atoms with Gasteiger partial charge in [0.1, 0.15) is 0 Å². The molecule has 0 aromatic heterocycles. The van der Waals surface area contributed by atoms with Gasteiger partial charge in [0.25, 0.3) is 0 Å². The van der Waals surface area contributed by atoms with Crippen molar-refractivity contribution in [2.24, 2.45) is 5.73 Å². The maximum atomic E-state index is 12.2. The highest BCUT2D eigenvalue weighted by Crippen LogP contribution is 2.20. The van der Waals surface area contributed by atoms with Gasteiger partial charge in [-0.15, -0.1) is 0 Å². The number of nitrogens with zero attached hydrogens (tertiary/aromatic N) is 1. The number of fused-ring (bicyclic) bond motifs is 1. The summed E-state index contributed by atoms with van der Waals surface area (Å²) in [7, 11) is -1.90. The van der Waals surface area contributed by atoms with E-state index >= 15 is 0 Å². The van der Waals surface area contributed by atoms with Crippen LogP contribution >= 0.6 is 0 Å². The summed E-state index contributed by atoms with van der Waals surface area (Å²) in [5, 5.41) is 1.94. The van der Waals surface area contributed by atoms with E-state index in [9.17, 15) is 8.42 Å². The molecule has 2 N–H and O–H groups in total. The minimum atomic E-state index is -3.44. The van der Waals surface area contributed by atoms with Crippen LogP contribution in [0, 0.1) is 0 Å². The molecule has 0 saturated heterocycles. The minimum absolute atomic E-state index is 0.303. The Hall–Kier alpha value is -1.43. The first kappa shape index (κ1) is 13.0. The van der Waals surface area contributed by atoms with Gasteiger partial charge in [0.2, 0.25) is 10.0 Å². The Morgan fingerprint density at radius 1 is 1.11 bits per heavy atom. The third-order valence-corrected chi connectivity index (χ3v) is 4.73. The third kappa shape index (κ3) is 2.38. The highest BCUT2D eigenvalue weighted by molar-refractivity contribution is 7.89. The summed E-state index contributed by atoms with van der Waals surface area (Å²) in [5.74, 6) is 0. The summed E-state index contributed by atoms with van der Waals surface area (Å²) >= 11 is 0. The first-order valence-corrected chi connectivity index (χ1v) is 7.15. The lowest BCUT2D eigenvalue weighted by atomic mass is 10.1. The topological polar surface area (TPSA) is 63.4 Å². The molecule has 0 fully saturated rings. The van der Waals surface area contributed by atoms with Crippen molar-refractivity contribution in [3.8, 4) is 0 Å². The van der Waals surface area contributed by atoms with E-state index < -0.39 is 10.0 Å². The molecule has 0 spiro atoms. The molecule has 0 bridgehead atoms. The molecule has 0 aliphatic carbocycles. The summed E-state index contributed by atoms with van der Waals surface area (Å²) < 4.78 is 25.7. The Bertz CT molecular complexity index is 653. The van der Waals surface area contributed by atoms with Crippen LogP contribution in [-0.2, 0) is 10.0 Å². The van der Waals surface area contributed by atoms with Crippen molar-refractivity contribution in [3.05, 3.63) is 42.5 Å². The Balaban J connectivity index is 2.48. The highest BCUT2D eigenvalue weighted by atomic mass is 32.2. The van der Waals surface area contributed by atoms with Gasteiger partial charge in [-0.1, -0.05) is 30.3 Å². The molecule has 5 heteroatoms. The van der Waals surface area contributed by atoms with E-state index in [0.29, 0.717) is 18.0 Å². The maximum Gasteiger partial charge on any atom is 0.242 e. The van der Waals surface area contributed by atoms with Crippen LogP contribution in [0.15, 0.2) is 47.4 Å². The second-order valence-corrected chi connectivity index (χ2v) is 6.17. The minimum Gasteiger partial charge on any atom is -0.329 e. The van der Waals surface area contributed by atoms with E-state index in [1.54, 1.807) is 12.1 Å². The molecule has 0 aliphatic rings. The molecule has 2 rings (SSSR count). The SMILES string of the molecule is CN(CCN)S(=O)(=O)c1ccc2ccccc2c1. The largest absolute Gasteiger partial charge is 0.329 e. The molecular formula is C13H16N2O2S. The lowest BCUT2D eigenvalue weighted by Gasteiger charge is -2.16. The van der Waals surface area contributed by atoms with Crippen LogP contribution in [0.5, 0.6) is 0 Å². The fourth-order valence-electron chi connectivity index (χ4n) is 1.81. The highest BCUT2D eigenvalue weighted by Gasteiger charge is 2.19. The summed E-state index contributed by atoms with van der Waals surface area (Å²) in [6, 6.07) is 12.8. The summed E-state index contributed by atoms with van der Waals surface area (Å²) in [5.41, 5.74) is 5.39. The van der Waals surface area contributed by atoms with Crippen molar-refractivity contribution >= 4 is 20.8 Å². The molecule has 0 unspecified atom stereocenters. The van der Waals surface area contributed by atoms with Gasteiger partial charge >= 0.3 is 0 Å². The van der Waals surface area contributed by atoms with Crippen LogP contribution in [0.4, 0.5) is 0 Å². The molecule has 0 aliphatic heterocycles. The first-order chi connectivity index (χ1) is 8.55. The number of likely N-dealkylation sites (N-methyl/N-ethyl adjacent to an activating group) is 1. The predicted octanol–water partition coefficient (Wildman–Crippen LogP) is 1.42. The second-order valence-electron chi connectivity index (χ2n) is 4.12. The lowest BCUT2D eigenvalue weighted by Crippen LogP contribution is -2.31. The zero-order chi connectivity index (χ0) is 13.2. The molecule has 2 aromatic rings. The van der Waals surface area contributed by atoms with E-state index in [4.69, 9.17) is 5.73 Å². The Morgan fingerprint density at radius 2 is 1.78 bits per heavy atom. The summed E-state index contributed by atoms with van der Waals surface area (Å²) in [4.78, 5) is 0.303. The van der Waals surface area contributed by atoms with Crippen LogP contribution in [0.1, 0.15) is 0 Å². The second kappa shape index (κ2) is 5.06. The lowest BCUT2D eigenvalue weighted by molar-refractivity contribution is 0.477. The van der Waals surface area contributed by atoms with Crippen LogP contribution < -0.4 is 5.73 Å². The van der Waals surface area contributed by atoms with Gasteiger partial charge in [0.15, 0.2) is 0 Å². The Morgan fingerprint density at radius 3 is 2.44 bits per heavy atom. The van der Waals surface area contributed by atoms with E-state index in [1.165, 1.54) is 11.4 Å². The molecule has 0 atom stereocenters.